The third kappa shape index (κ3) is 1.36. The Hall–Kier alpha value is -0.830. The standard InChI is InChI=1S/C11H19N3/c1-8-9(11(12)5-6-11)7-13-14(8)10(2,3)4/h7H,5-6,12H2,1-4H3. The van der Waals surface area contributed by atoms with Crippen molar-refractivity contribution in [3.63, 3.8) is 0 Å². The number of rotatable bonds is 1. The molecule has 78 valence electrons. The molecule has 0 bridgehead atoms. The van der Waals surface area contributed by atoms with Crippen molar-refractivity contribution in [2.24, 2.45) is 5.73 Å². The summed E-state index contributed by atoms with van der Waals surface area (Å²) < 4.78 is 2.06. The van der Waals surface area contributed by atoms with Crippen molar-refractivity contribution in [3.8, 4) is 0 Å². The first-order valence-electron chi connectivity index (χ1n) is 5.19. The van der Waals surface area contributed by atoms with Gasteiger partial charge >= 0.3 is 0 Å². The molecular formula is C11H19N3. The van der Waals surface area contributed by atoms with Gasteiger partial charge in [0.2, 0.25) is 0 Å². The molecule has 0 radical (unpaired) electrons. The SMILES string of the molecule is Cc1c(C2(N)CC2)cnn1C(C)(C)C. The largest absolute Gasteiger partial charge is 0.321 e. The van der Waals surface area contributed by atoms with Crippen LogP contribution in [0.1, 0.15) is 44.9 Å². The summed E-state index contributed by atoms with van der Waals surface area (Å²) in [5.74, 6) is 0. The van der Waals surface area contributed by atoms with Crippen molar-refractivity contribution in [2.75, 3.05) is 0 Å². The Morgan fingerprint density at radius 1 is 1.43 bits per heavy atom. The van der Waals surface area contributed by atoms with Crippen LogP contribution in [0.25, 0.3) is 0 Å². The zero-order valence-corrected chi connectivity index (χ0v) is 9.46. The quantitative estimate of drug-likeness (QED) is 0.740. The fourth-order valence-electron chi connectivity index (χ4n) is 1.98. The van der Waals surface area contributed by atoms with Gasteiger partial charge in [0.1, 0.15) is 0 Å². The normalized spacial score (nSPS) is 19.8. The van der Waals surface area contributed by atoms with E-state index in [9.17, 15) is 0 Å². The number of nitrogens with two attached hydrogens (primary N) is 1. The average Bonchev–Trinajstić information content (AvgIpc) is 2.60. The molecule has 2 rings (SSSR count). The molecule has 0 saturated heterocycles. The fourth-order valence-corrected chi connectivity index (χ4v) is 1.98. The van der Waals surface area contributed by atoms with Crippen LogP contribution >= 0.6 is 0 Å². The van der Waals surface area contributed by atoms with Gasteiger partial charge in [0.05, 0.1) is 11.7 Å². The lowest BCUT2D eigenvalue weighted by molar-refractivity contribution is 0.347. The number of nitrogens with zero attached hydrogens (tertiary/aromatic N) is 2. The summed E-state index contributed by atoms with van der Waals surface area (Å²) >= 11 is 0. The second-order valence-corrected chi connectivity index (χ2v) is 5.38. The summed E-state index contributed by atoms with van der Waals surface area (Å²) in [5.41, 5.74) is 8.61. The molecule has 0 amide bonds. The molecule has 1 aliphatic carbocycles. The smallest absolute Gasteiger partial charge is 0.0546 e. The Bertz CT molecular complexity index is 330. The van der Waals surface area contributed by atoms with Gasteiger partial charge in [-0.05, 0) is 40.5 Å². The first-order chi connectivity index (χ1) is 6.34. The zero-order chi connectivity index (χ0) is 10.6. The summed E-state index contributed by atoms with van der Waals surface area (Å²) in [4.78, 5) is 0. The van der Waals surface area contributed by atoms with Gasteiger partial charge in [-0.3, -0.25) is 4.68 Å². The summed E-state index contributed by atoms with van der Waals surface area (Å²) in [6.45, 7) is 8.59. The number of hydrogen-bond donors (Lipinski definition) is 1. The molecule has 1 saturated carbocycles. The van der Waals surface area contributed by atoms with Gasteiger partial charge in [0.25, 0.3) is 0 Å². The Kier molecular flexibility index (Phi) is 1.80. The van der Waals surface area contributed by atoms with Crippen molar-refractivity contribution in [3.05, 3.63) is 17.5 Å². The van der Waals surface area contributed by atoms with Crippen molar-refractivity contribution < 1.29 is 0 Å². The molecule has 1 heterocycles. The van der Waals surface area contributed by atoms with E-state index in [0.29, 0.717) is 0 Å². The van der Waals surface area contributed by atoms with Gasteiger partial charge in [-0.15, -0.1) is 0 Å². The van der Waals surface area contributed by atoms with Crippen molar-refractivity contribution >= 4 is 0 Å². The van der Waals surface area contributed by atoms with Gasteiger partial charge in [-0.1, -0.05) is 0 Å². The third-order valence-electron chi connectivity index (χ3n) is 2.97. The lowest BCUT2D eigenvalue weighted by atomic mass is 10.1. The van der Waals surface area contributed by atoms with Gasteiger partial charge in [0.15, 0.2) is 0 Å². The van der Waals surface area contributed by atoms with Crippen molar-refractivity contribution in [2.45, 2.75) is 51.6 Å². The van der Waals surface area contributed by atoms with E-state index in [1.807, 2.05) is 6.20 Å². The predicted molar refractivity (Wildman–Crippen MR) is 57.1 cm³/mol. The molecule has 0 aliphatic heterocycles. The van der Waals surface area contributed by atoms with Crippen LogP contribution in [0, 0.1) is 6.92 Å². The minimum atomic E-state index is -0.0619. The van der Waals surface area contributed by atoms with Gasteiger partial charge in [-0.2, -0.15) is 5.10 Å². The molecule has 2 N–H and O–H groups in total. The molecule has 0 aromatic carbocycles. The van der Waals surface area contributed by atoms with E-state index < -0.39 is 0 Å². The molecule has 1 aromatic heterocycles. The topological polar surface area (TPSA) is 43.8 Å². The number of hydrogen-bond acceptors (Lipinski definition) is 2. The molecule has 3 nitrogen and oxygen atoms in total. The van der Waals surface area contributed by atoms with E-state index in [1.54, 1.807) is 0 Å². The molecule has 0 atom stereocenters. The molecule has 1 fully saturated rings. The maximum absolute atomic E-state index is 6.17. The molecule has 0 unspecified atom stereocenters. The summed E-state index contributed by atoms with van der Waals surface area (Å²) in [6, 6.07) is 0. The first kappa shape index (κ1) is 9.71. The van der Waals surface area contributed by atoms with Crippen LogP contribution < -0.4 is 5.73 Å². The lowest BCUT2D eigenvalue weighted by Gasteiger charge is -2.22. The Labute approximate surface area is 85.3 Å². The second-order valence-electron chi connectivity index (χ2n) is 5.38. The molecule has 1 aromatic rings. The van der Waals surface area contributed by atoms with Crippen LogP contribution in [0.5, 0.6) is 0 Å². The van der Waals surface area contributed by atoms with Gasteiger partial charge in [0, 0.05) is 16.8 Å². The Morgan fingerprint density at radius 3 is 2.36 bits per heavy atom. The van der Waals surface area contributed by atoms with E-state index in [2.05, 4.69) is 37.5 Å². The Balaban J connectivity index is 2.43. The van der Waals surface area contributed by atoms with Crippen molar-refractivity contribution in [1.29, 1.82) is 0 Å². The first-order valence-corrected chi connectivity index (χ1v) is 5.19. The van der Waals surface area contributed by atoms with Crippen LogP contribution in [0.3, 0.4) is 0 Å². The highest BCUT2D eigenvalue weighted by molar-refractivity contribution is 5.31. The Morgan fingerprint density at radius 2 is 2.00 bits per heavy atom. The average molecular weight is 193 g/mol. The predicted octanol–water partition coefficient (Wildman–Crippen LogP) is 1.89. The maximum atomic E-state index is 6.17. The van der Waals surface area contributed by atoms with Crippen LogP contribution in [-0.4, -0.2) is 9.78 Å². The lowest BCUT2D eigenvalue weighted by Crippen LogP contribution is -2.26. The molecule has 14 heavy (non-hydrogen) atoms. The van der Waals surface area contributed by atoms with E-state index in [0.717, 1.165) is 12.8 Å². The highest BCUT2D eigenvalue weighted by Gasteiger charge is 2.42. The third-order valence-corrected chi connectivity index (χ3v) is 2.97. The summed E-state index contributed by atoms with van der Waals surface area (Å²) in [6.07, 6.45) is 4.14. The van der Waals surface area contributed by atoms with E-state index in [-0.39, 0.29) is 11.1 Å². The van der Waals surface area contributed by atoms with E-state index >= 15 is 0 Å². The molecule has 3 heteroatoms. The fraction of sp³-hybridized carbons (Fsp3) is 0.727. The van der Waals surface area contributed by atoms with Crippen LogP contribution in [0.15, 0.2) is 6.20 Å². The molecular weight excluding hydrogens is 174 g/mol. The zero-order valence-electron chi connectivity index (χ0n) is 9.46. The summed E-state index contributed by atoms with van der Waals surface area (Å²) in [5, 5.41) is 4.43. The van der Waals surface area contributed by atoms with Crippen LogP contribution in [-0.2, 0) is 11.1 Å². The summed E-state index contributed by atoms with van der Waals surface area (Å²) in [7, 11) is 0. The highest BCUT2D eigenvalue weighted by atomic mass is 15.3. The second kappa shape index (κ2) is 2.60. The van der Waals surface area contributed by atoms with Crippen LogP contribution in [0.2, 0.25) is 0 Å². The van der Waals surface area contributed by atoms with Crippen LogP contribution in [0.4, 0.5) is 0 Å². The van der Waals surface area contributed by atoms with E-state index in [1.165, 1.54) is 11.3 Å². The monoisotopic (exact) mass is 193 g/mol. The maximum Gasteiger partial charge on any atom is 0.0546 e. The number of aromatic nitrogens is 2. The minimum Gasteiger partial charge on any atom is -0.321 e. The van der Waals surface area contributed by atoms with Gasteiger partial charge in [-0.25, -0.2) is 0 Å². The molecule has 1 aliphatic rings. The minimum absolute atomic E-state index is 0.0492. The van der Waals surface area contributed by atoms with Gasteiger partial charge < -0.3 is 5.73 Å². The molecule has 0 spiro atoms. The highest BCUT2D eigenvalue weighted by Crippen LogP contribution is 2.44. The van der Waals surface area contributed by atoms with Crippen molar-refractivity contribution in [1.82, 2.24) is 9.78 Å². The van der Waals surface area contributed by atoms with E-state index in [4.69, 9.17) is 5.73 Å².